The van der Waals surface area contributed by atoms with E-state index < -0.39 is 0 Å². The Morgan fingerprint density at radius 2 is 2.29 bits per heavy atom. The molecular weight excluding hydrogens is 282 g/mol. The normalized spacial score (nSPS) is 27.9. The van der Waals surface area contributed by atoms with Gasteiger partial charge in [0.1, 0.15) is 5.01 Å². The molecule has 0 radical (unpaired) electrons. The van der Waals surface area contributed by atoms with E-state index in [2.05, 4.69) is 21.7 Å². The first-order valence-corrected chi connectivity index (χ1v) is 8.48. The molecule has 2 aliphatic rings. The maximum atomic E-state index is 12.4. The number of benzene rings is 1. The number of para-hydroxylation sites is 1. The molecule has 2 N–H and O–H groups in total. The third-order valence-corrected chi connectivity index (χ3v) is 5.82. The SMILES string of the molecule is O=C(NCc1nc2ccccc2s1)C1NCC2CCCC21. The van der Waals surface area contributed by atoms with Crippen LogP contribution in [0.2, 0.25) is 0 Å². The van der Waals surface area contributed by atoms with Gasteiger partial charge in [-0.15, -0.1) is 11.3 Å². The highest BCUT2D eigenvalue weighted by Gasteiger charge is 2.42. The summed E-state index contributed by atoms with van der Waals surface area (Å²) in [6, 6.07) is 8.10. The average molecular weight is 301 g/mol. The maximum Gasteiger partial charge on any atom is 0.237 e. The Morgan fingerprint density at radius 1 is 1.38 bits per heavy atom. The minimum Gasteiger partial charge on any atom is -0.348 e. The highest BCUT2D eigenvalue weighted by atomic mass is 32.1. The monoisotopic (exact) mass is 301 g/mol. The van der Waals surface area contributed by atoms with E-state index in [4.69, 9.17) is 0 Å². The summed E-state index contributed by atoms with van der Waals surface area (Å²) in [5.74, 6) is 1.40. The Kier molecular flexibility index (Phi) is 3.39. The molecule has 4 nitrogen and oxygen atoms in total. The van der Waals surface area contributed by atoms with Crippen molar-refractivity contribution >= 4 is 27.5 Å². The number of hydrogen-bond donors (Lipinski definition) is 2. The second kappa shape index (κ2) is 5.39. The van der Waals surface area contributed by atoms with Gasteiger partial charge in [0, 0.05) is 0 Å². The Labute approximate surface area is 128 Å². The van der Waals surface area contributed by atoms with Crippen LogP contribution in [0.25, 0.3) is 10.2 Å². The van der Waals surface area contributed by atoms with Gasteiger partial charge in [0.25, 0.3) is 0 Å². The number of nitrogens with zero attached hydrogens (tertiary/aromatic N) is 1. The molecule has 4 rings (SSSR count). The summed E-state index contributed by atoms with van der Waals surface area (Å²) in [4.78, 5) is 16.9. The standard InChI is InChI=1S/C16H19N3OS/c20-16(15-11-5-3-4-10(11)8-17-15)18-9-14-19-12-6-1-2-7-13(12)21-14/h1-2,6-7,10-11,15,17H,3-5,8-9H2,(H,18,20). The number of carbonyl (C=O) groups excluding carboxylic acids is 1. The Bertz CT molecular complexity index is 635. The van der Waals surface area contributed by atoms with Crippen molar-refractivity contribution < 1.29 is 4.79 Å². The van der Waals surface area contributed by atoms with Gasteiger partial charge in [0.15, 0.2) is 0 Å². The lowest BCUT2D eigenvalue weighted by atomic mass is 9.94. The largest absolute Gasteiger partial charge is 0.348 e. The smallest absolute Gasteiger partial charge is 0.237 e. The van der Waals surface area contributed by atoms with Crippen LogP contribution in [-0.4, -0.2) is 23.5 Å². The molecule has 1 aliphatic heterocycles. The highest BCUT2D eigenvalue weighted by Crippen LogP contribution is 2.37. The van der Waals surface area contributed by atoms with Gasteiger partial charge in [-0.1, -0.05) is 18.6 Å². The van der Waals surface area contributed by atoms with Crippen LogP contribution in [0.4, 0.5) is 0 Å². The van der Waals surface area contributed by atoms with Crippen molar-refractivity contribution in [2.24, 2.45) is 11.8 Å². The fourth-order valence-electron chi connectivity index (χ4n) is 3.74. The van der Waals surface area contributed by atoms with Crippen LogP contribution in [0, 0.1) is 11.8 Å². The molecule has 3 unspecified atom stereocenters. The topological polar surface area (TPSA) is 54.0 Å². The third kappa shape index (κ3) is 2.45. The van der Waals surface area contributed by atoms with Crippen LogP contribution < -0.4 is 10.6 Å². The Morgan fingerprint density at radius 3 is 3.19 bits per heavy atom. The Hall–Kier alpha value is -1.46. The van der Waals surface area contributed by atoms with Crippen molar-refractivity contribution in [2.75, 3.05) is 6.54 Å². The summed E-state index contributed by atoms with van der Waals surface area (Å²) in [5.41, 5.74) is 1.02. The van der Waals surface area contributed by atoms with E-state index in [-0.39, 0.29) is 11.9 Å². The van der Waals surface area contributed by atoms with Gasteiger partial charge in [-0.2, -0.15) is 0 Å². The number of thiazole rings is 1. The van der Waals surface area contributed by atoms with Crippen molar-refractivity contribution in [3.8, 4) is 0 Å². The molecule has 3 atom stereocenters. The molecule has 1 saturated carbocycles. The van der Waals surface area contributed by atoms with E-state index in [9.17, 15) is 4.79 Å². The van der Waals surface area contributed by atoms with E-state index in [0.717, 1.165) is 17.1 Å². The van der Waals surface area contributed by atoms with Crippen LogP contribution in [0.1, 0.15) is 24.3 Å². The van der Waals surface area contributed by atoms with Crippen LogP contribution in [-0.2, 0) is 11.3 Å². The predicted octanol–water partition coefficient (Wildman–Crippen LogP) is 2.30. The van der Waals surface area contributed by atoms with Gasteiger partial charge in [0.2, 0.25) is 5.91 Å². The first-order chi connectivity index (χ1) is 10.3. The first-order valence-electron chi connectivity index (χ1n) is 7.67. The van der Waals surface area contributed by atoms with Crippen molar-refractivity contribution in [3.05, 3.63) is 29.3 Å². The number of aromatic nitrogens is 1. The van der Waals surface area contributed by atoms with Gasteiger partial charge >= 0.3 is 0 Å². The zero-order chi connectivity index (χ0) is 14.2. The van der Waals surface area contributed by atoms with Crippen LogP contribution in [0.3, 0.4) is 0 Å². The molecule has 1 aromatic carbocycles. The van der Waals surface area contributed by atoms with E-state index in [1.807, 2.05) is 18.2 Å². The zero-order valence-corrected chi connectivity index (χ0v) is 12.7. The van der Waals surface area contributed by atoms with Crippen LogP contribution in [0.15, 0.2) is 24.3 Å². The van der Waals surface area contributed by atoms with Gasteiger partial charge in [-0.3, -0.25) is 4.79 Å². The minimum absolute atomic E-state index is 0.00637. The lowest BCUT2D eigenvalue weighted by Crippen LogP contribution is -2.43. The number of hydrogen-bond acceptors (Lipinski definition) is 4. The molecule has 1 aromatic heterocycles. The number of nitrogens with one attached hydrogen (secondary N) is 2. The number of carbonyl (C=O) groups is 1. The predicted molar refractivity (Wildman–Crippen MR) is 84.1 cm³/mol. The molecule has 21 heavy (non-hydrogen) atoms. The van der Waals surface area contributed by atoms with Gasteiger partial charge in [0.05, 0.1) is 22.8 Å². The minimum atomic E-state index is 0.00637. The lowest BCUT2D eigenvalue weighted by molar-refractivity contribution is -0.123. The first kappa shape index (κ1) is 13.2. The molecule has 5 heteroatoms. The molecule has 2 aromatic rings. The lowest BCUT2D eigenvalue weighted by Gasteiger charge is -2.17. The van der Waals surface area contributed by atoms with Gasteiger partial charge < -0.3 is 10.6 Å². The van der Waals surface area contributed by atoms with E-state index in [1.165, 1.54) is 24.0 Å². The summed E-state index contributed by atoms with van der Waals surface area (Å²) in [6.45, 7) is 1.54. The van der Waals surface area contributed by atoms with Crippen molar-refractivity contribution in [3.63, 3.8) is 0 Å². The van der Waals surface area contributed by atoms with E-state index in [0.29, 0.717) is 18.4 Å². The van der Waals surface area contributed by atoms with Crippen molar-refractivity contribution in [2.45, 2.75) is 31.8 Å². The van der Waals surface area contributed by atoms with Crippen molar-refractivity contribution in [1.82, 2.24) is 15.6 Å². The molecule has 1 saturated heterocycles. The summed E-state index contributed by atoms with van der Waals surface area (Å²) in [6.07, 6.45) is 3.74. The van der Waals surface area contributed by atoms with Gasteiger partial charge in [-0.25, -0.2) is 4.98 Å². The molecule has 0 spiro atoms. The molecule has 1 aliphatic carbocycles. The molecule has 1 amide bonds. The molecule has 2 heterocycles. The summed E-state index contributed by atoms with van der Waals surface area (Å²) in [5, 5.41) is 7.43. The second-order valence-electron chi connectivity index (χ2n) is 6.03. The van der Waals surface area contributed by atoms with Gasteiger partial charge in [-0.05, 0) is 43.4 Å². The molecular formula is C16H19N3OS. The fraction of sp³-hybridized carbons (Fsp3) is 0.500. The number of fused-ring (bicyclic) bond motifs is 2. The Balaban J connectivity index is 1.41. The molecule has 2 fully saturated rings. The highest BCUT2D eigenvalue weighted by molar-refractivity contribution is 7.18. The van der Waals surface area contributed by atoms with Crippen LogP contribution >= 0.6 is 11.3 Å². The second-order valence-corrected chi connectivity index (χ2v) is 7.15. The third-order valence-electron chi connectivity index (χ3n) is 4.78. The van der Waals surface area contributed by atoms with E-state index in [1.54, 1.807) is 11.3 Å². The van der Waals surface area contributed by atoms with Crippen molar-refractivity contribution in [1.29, 1.82) is 0 Å². The molecule has 110 valence electrons. The quantitative estimate of drug-likeness (QED) is 0.914. The summed E-state index contributed by atoms with van der Waals surface area (Å²) < 4.78 is 1.18. The number of rotatable bonds is 3. The fourth-order valence-corrected chi connectivity index (χ4v) is 4.65. The molecule has 0 bridgehead atoms. The summed E-state index contributed by atoms with van der Waals surface area (Å²) >= 11 is 1.66. The summed E-state index contributed by atoms with van der Waals surface area (Å²) in [7, 11) is 0. The zero-order valence-electron chi connectivity index (χ0n) is 11.8. The van der Waals surface area contributed by atoms with Crippen LogP contribution in [0.5, 0.6) is 0 Å². The van der Waals surface area contributed by atoms with E-state index >= 15 is 0 Å². The maximum absolute atomic E-state index is 12.4. The number of amides is 1. The average Bonchev–Trinajstić information content (AvgIpc) is 3.18.